The maximum atomic E-state index is 10.8. The molecule has 1 rings (SSSR count). The molecule has 0 aliphatic heterocycles. The normalized spacial score (nSPS) is 14.1. The number of thioether (sulfide) groups is 1. The van der Waals surface area contributed by atoms with Gasteiger partial charge < -0.3 is 14.9 Å². The number of carbonyl (C=O) groups is 1. The zero-order valence-electron chi connectivity index (χ0n) is 10.1. The van der Waals surface area contributed by atoms with Crippen molar-refractivity contribution < 1.29 is 19.7 Å². The van der Waals surface area contributed by atoms with Crippen molar-refractivity contribution in [2.75, 3.05) is 12.9 Å². The van der Waals surface area contributed by atoms with Crippen molar-refractivity contribution in [3.05, 3.63) is 28.2 Å². The average molecular weight is 335 g/mol. The molecule has 18 heavy (non-hydrogen) atoms. The van der Waals surface area contributed by atoms with Crippen molar-refractivity contribution in [3.8, 4) is 5.75 Å². The van der Waals surface area contributed by atoms with Crippen molar-refractivity contribution in [1.82, 2.24) is 0 Å². The number of aliphatic hydroxyl groups excluding tert-OH is 2. The molecule has 4 nitrogen and oxygen atoms in total. The van der Waals surface area contributed by atoms with Crippen LogP contribution in [-0.2, 0) is 4.79 Å². The molecule has 0 bridgehead atoms. The Morgan fingerprint density at radius 3 is 2.72 bits per heavy atom. The number of benzene rings is 1. The minimum absolute atomic E-state index is 0.0917. The molecule has 0 aromatic heterocycles. The van der Waals surface area contributed by atoms with Gasteiger partial charge in [-0.15, -0.1) is 0 Å². The molecule has 0 heterocycles. The first-order valence-corrected chi connectivity index (χ1v) is 7.06. The second-order valence-electron chi connectivity index (χ2n) is 3.70. The van der Waals surface area contributed by atoms with E-state index in [4.69, 9.17) is 4.74 Å². The van der Waals surface area contributed by atoms with Gasteiger partial charge in [-0.3, -0.25) is 4.79 Å². The van der Waals surface area contributed by atoms with Gasteiger partial charge in [-0.25, -0.2) is 0 Å². The Balaban J connectivity index is 2.81. The topological polar surface area (TPSA) is 66.8 Å². The number of hydrogen-bond donors (Lipinski definition) is 2. The van der Waals surface area contributed by atoms with Gasteiger partial charge in [-0.05, 0) is 18.2 Å². The number of halogens is 1. The molecule has 1 aromatic carbocycles. The summed E-state index contributed by atoms with van der Waals surface area (Å²) in [5.41, 5.74) is 0.533. The maximum absolute atomic E-state index is 10.8. The van der Waals surface area contributed by atoms with Gasteiger partial charge in [0.25, 0.3) is 0 Å². The second kappa shape index (κ2) is 7.13. The molecular weight excluding hydrogens is 320 g/mol. The maximum Gasteiger partial charge on any atom is 0.185 e. The quantitative estimate of drug-likeness (QED) is 0.863. The Labute approximate surface area is 118 Å². The predicted molar refractivity (Wildman–Crippen MR) is 74.8 cm³/mol. The summed E-state index contributed by atoms with van der Waals surface area (Å²) < 4.78 is 5.75. The number of hydrogen-bond acceptors (Lipinski definition) is 5. The number of methoxy groups -OCH3 is 1. The largest absolute Gasteiger partial charge is 0.497 e. The predicted octanol–water partition coefficient (Wildman–Crippen LogP) is 2.13. The zero-order valence-corrected chi connectivity index (χ0v) is 12.5. The van der Waals surface area contributed by atoms with E-state index in [1.807, 2.05) is 0 Å². The van der Waals surface area contributed by atoms with Crippen LogP contribution in [0, 0.1) is 0 Å². The summed E-state index contributed by atoms with van der Waals surface area (Å²) in [5.74, 6) is 0.749. The molecule has 0 saturated heterocycles. The highest BCUT2D eigenvalue weighted by atomic mass is 79.9. The van der Waals surface area contributed by atoms with Crippen molar-refractivity contribution in [2.24, 2.45) is 0 Å². The fourth-order valence-corrected chi connectivity index (χ4v) is 2.45. The molecule has 0 amide bonds. The Bertz CT molecular complexity index is 425. The molecule has 0 aliphatic carbocycles. The van der Waals surface area contributed by atoms with Crippen LogP contribution in [0.15, 0.2) is 22.7 Å². The van der Waals surface area contributed by atoms with E-state index in [9.17, 15) is 15.0 Å². The highest BCUT2D eigenvalue weighted by Gasteiger charge is 2.21. The van der Waals surface area contributed by atoms with Crippen molar-refractivity contribution in [2.45, 2.75) is 19.1 Å². The number of rotatable bonds is 5. The lowest BCUT2D eigenvalue weighted by Gasteiger charge is -2.19. The van der Waals surface area contributed by atoms with E-state index in [0.29, 0.717) is 15.8 Å². The number of ether oxygens (including phenoxy) is 1. The van der Waals surface area contributed by atoms with E-state index in [-0.39, 0.29) is 10.9 Å². The monoisotopic (exact) mass is 334 g/mol. The lowest BCUT2D eigenvalue weighted by atomic mass is 10.1. The average Bonchev–Trinajstić information content (AvgIpc) is 2.35. The molecule has 6 heteroatoms. The van der Waals surface area contributed by atoms with Crippen LogP contribution in [0.25, 0.3) is 0 Å². The van der Waals surface area contributed by atoms with Crippen molar-refractivity contribution in [3.63, 3.8) is 0 Å². The molecule has 1 aromatic rings. The molecule has 0 aliphatic rings. The Kier molecular flexibility index (Phi) is 6.14. The molecule has 2 atom stereocenters. The Morgan fingerprint density at radius 1 is 1.50 bits per heavy atom. The first-order chi connectivity index (χ1) is 8.45. The van der Waals surface area contributed by atoms with Gasteiger partial charge in [0, 0.05) is 22.7 Å². The van der Waals surface area contributed by atoms with Crippen LogP contribution in [0.1, 0.15) is 18.6 Å². The number of carbonyl (C=O) groups excluding carboxylic acids is 1. The van der Waals surface area contributed by atoms with Crippen LogP contribution >= 0.6 is 27.7 Å². The molecule has 0 radical (unpaired) electrons. The minimum atomic E-state index is -1.07. The highest BCUT2D eigenvalue weighted by Crippen LogP contribution is 2.30. The third-order valence-electron chi connectivity index (χ3n) is 2.34. The summed E-state index contributed by atoms with van der Waals surface area (Å²) in [6.07, 6.45) is -2.08. The van der Waals surface area contributed by atoms with Crippen LogP contribution in [-0.4, -0.2) is 34.3 Å². The molecule has 0 fully saturated rings. The van der Waals surface area contributed by atoms with Gasteiger partial charge >= 0.3 is 0 Å². The minimum Gasteiger partial charge on any atom is -0.497 e. The lowest BCUT2D eigenvalue weighted by Crippen LogP contribution is -2.21. The second-order valence-corrected chi connectivity index (χ2v) is 5.75. The summed E-state index contributed by atoms with van der Waals surface area (Å²) in [5, 5.41) is 19.8. The Morgan fingerprint density at radius 2 is 2.17 bits per heavy atom. The van der Waals surface area contributed by atoms with Gasteiger partial charge in [-0.1, -0.05) is 27.7 Å². The molecule has 100 valence electrons. The highest BCUT2D eigenvalue weighted by molar-refractivity contribution is 9.10. The molecule has 0 saturated carbocycles. The van der Waals surface area contributed by atoms with E-state index < -0.39 is 12.2 Å². The third-order valence-corrected chi connectivity index (χ3v) is 3.98. The van der Waals surface area contributed by atoms with E-state index in [0.717, 1.165) is 11.8 Å². The summed E-state index contributed by atoms with van der Waals surface area (Å²) >= 11 is 4.29. The van der Waals surface area contributed by atoms with Crippen LogP contribution in [0.5, 0.6) is 5.75 Å². The van der Waals surface area contributed by atoms with E-state index >= 15 is 0 Å². The van der Waals surface area contributed by atoms with Gasteiger partial charge in [0.2, 0.25) is 0 Å². The van der Waals surface area contributed by atoms with Crippen molar-refractivity contribution in [1.29, 1.82) is 0 Å². The summed E-state index contributed by atoms with van der Waals surface area (Å²) in [6, 6.07) is 5.13. The fourth-order valence-electron chi connectivity index (χ4n) is 1.38. The molecule has 0 spiro atoms. The summed E-state index contributed by atoms with van der Waals surface area (Å²) in [7, 11) is 1.53. The third kappa shape index (κ3) is 4.28. The first kappa shape index (κ1) is 15.5. The summed E-state index contributed by atoms with van der Waals surface area (Å²) in [6.45, 7) is 1.42. The van der Waals surface area contributed by atoms with Crippen LogP contribution in [0.4, 0.5) is 0 Å². The summed E-state index contributed by atoms with van der Waals surface area (Å²) in [4.78, 5) is 10.8. The molecule has 2 N–H and O–H groups in total. The van der Waals surface area contributed by atoms with Crippen LogP contribution in [0.3, 0.4) is 0 Å². The van der Waals surface area contributed by atoms with Crippen LogP contribution < -0.4 is 4.74 Å². The smallest absolute Gasteiger partial charge is 0.185 e. The SMILES string of the molecule is COc1ccc(Br)c(C(O)C(O)CSC(C)=O)c1. The molecular formula is C12H15BrO4S. The van der Waals surface area contributed by atoms with E-state index in [1.54, 1.807) is 18.2 Å². The zero-order chi connectivity index (χ0) is 13.7. The lowest BCUT2D eigenvalue weighted by molar-refractivity contribution is -0.109. The number of aliphatic hydroxyl groups is 2. The van der Waals surface area contributed by atoms with Gasteiger partial charge in [0.15, 0.2) is 5.12 Å². The molecule has 2 unspecified atom stereocenters. The van der Waals surface area contributed by atoms with Gasteiger partial charge in [0.1, 0.15) is 11.9 Å². The van der Waals surface area contributed by atoms with Gasteiger partial charge in [0.05, 0.1) is 13.2 Å². The standard InChI is InChI=1S/C12H15BrO4S/c1-7(14)18-6-11(15)12(16)9-5-8(17-2)3-4-10(9)13/h3-5,11-12,15-16H,6H2,1-2H3. The van der Waals surface area contributed by atoms with E-state index in [1.165, 1.54) is 14.0 Å². The van der Waals surface area contributed by atoms with E-state index in [2.05, 4.69) is 15.9 Å². The Hall–Kier alpha value is -0.560. The van der Waals surface area contributed by atoms with Crippen molar-refractivity contribution >= 4 is 32.8 Å². The van der Waals surface area contributed by atoms with Gasteiger partial charge in [-0.2, -0.15) is 0 Å². The first-order valence-electron chi connectivity index (χ1n) is 5.28. The van der Waals surface area contributed by atoms with Crippen LogP contribution in [0.2, 0.25) is 0 Å². The fraction of sp³-hybridized carbons (Fsp3) is 0.417.